The van der Waals surface area contributed by atoms with E-state index in [4.69, 9.17) is 0 Å². The van der Waals surface area contributed by atoms with Gasteiger partial charge in [0.25, 0.3) is 0 Å². The SMILES string of the molecule is Brc1cccc(CSc2nncs2)c1. The minimum absolute atomic E-state index is 0.939. The summed E-state index contributed by atoms with van der Waals surface area (Å²) in [6.07, 6.45) is 0. The van der Waals surface area contributed by atoms with Crippen molar-refractivity contribution in [2.24, 2.45) is 0 Å². The Kier molecular flexibility index (Phi) is 3.55. The number of aromatic nitrogens is 2. The van der Waals surface area contributed by atoms with E-state index in [2.05, 4.69) is 38.3 Å². The van der Waals surface area contributed by atoms with Gasteiger partial charge in [0.2, 0.25) is 0 Å². The topological polar surface area (TPSA) is 25.8 Å². The van der Waals surface area contributed by atoms with Crippen molar-refractivity contribution in [1.29, 1.82) is 0 Å². The Balaban J connectivity index is 1.98. The molecule has 2 aromatic rings. The number of halogens is 1. The van der Waals surface area contributed by atoms with E-state index in [-0.39, 0.29) is 0 Å². The van der Waals surface area contributed by atoms with Gasteiger partial charge < -0.3 is 0 Å². The zero-order chi connectivity index (χ0) is 9.80. The molecule has 0 N–H and O–H groups in total. The second kappa shape index (κ2) is 4.91. The summed E-state index contributed by atoms with van der Waals surface area (Å²) in [6.45, 7) is 0. The monoisotopic (exact) mass is 286 g/mol. The van der Waals surface area contributed by atoms with Gasteiger partial charge in [0.15, 0.2) is 4.34 Å². The van der Waals surface area contributed by atoms with E-state index in [1.54, 1.807) is 28.6 Å². The fourth-order valence-corrected chi connectivity index (χ4v) is 2.88. The first-order chi connectivity index (χ1) is 6.84. The van der Waals surface area contributed by atoms with Crippen LogP contribution in [0.1, 0.15) is 5.56 Å². The zero-order valence-corrected chi connectivity index (χ0v) is 10.4. The van der Waals surface area contributed by atoms with Gasteiger partial charge in [-0.1, -0.05) is 51.2 Å². The molecule has 0 aliphatic carbocycles. The van der Waals surface area contributed by atoms with Crippen molar-refractivity contribution in [3.8, 4) is 0 Å². The van der Waals surface area contributed by atoms with Crippen LogP contribution >= 0.6 is 39.0 Å². The molecule has 1 aromatic carbocycles. The van der Waals surface area contributed by atoms with Gasteiger partial charge in [-0.25, -0.2) is 0 Å². The zero-order valence-electron chi connectivity index (χ0n) is 7.18. The maximum Gasteiger partial charge on any atom is 0.174 e. The van der Waals surface area contributed by atoms with E-state index in [0.29, 0.717) is 0 Å². The van der Waals surface area contributed by atoms with E-state index in [0.717, 1.165) is 14.6 Å². The van der Waals surface area contributed by atoms with Crippen molar-refractivity contribution >= 4 is 39.0 Å². The molecule has 0 unspecified atom stereocenters. The van der Waals surface area contributed by atoms with Gasteiger partial charge in [-0.2, -0.15) is 0 Å². The van der Waals surface area contributed by atoms with Crippen LogP contribution in [0, 0.1) is 0 Å². The highest BCUT2D eigenvalue weighted by molar-refractivity contribution is 9.10. The summed E-state index contributed by atoms with van der Waals surface area (Å²) < 4.78 is 2.14. The highest BCUT2D eigenvalue weighted by Crippen LogP contribution is 2.24. The Morgan fingerprint density at radius 1 is 1.43 bits per heavy atom. The number of rotatable bonds is 3. The van der Waals surface area contributed by atoms with Crippen LogP contribution < -0.4 is 0 Å². The third kappa shape index (κ3) is 2.80. The lowest BCUT2D eigenvalue weighted by atomic mass is 10.2. The molecular weight excluding hydrogens is 280 g/mol. The summed E-state index contributed by atoms with van der Waals surface area (Å²) in [5, 5.41) is 7.76. The van der Waals surface area contributed by atoms with Crippen molar-refractivity contribution in [2.75, 3.05) is 0 Å². The van der Waals surface area contributed by atoms with E-state index in [9.17, 15) is 0 Å². The fourth-order valence-electron chi connectivity index (χ4n) is 0.998. The van der Waals surface area contributed by atoms with Crippen LogP contribution in [0.15, 0.2) is 38.6 Å². The Morgan fingerprint density at radius 3 is 3.07 bits per heavy atom. The molecule has 0 amide bonds. The Morgan fingerprint density at radius 2 is 2.36 bits per heavy atom. The fraction of sp³-hybridized carbons (Fsp3) is 0.111. The van der Waals surface area contributed by atoms with Crippen LogP contribution in [-0.2, 0) is 5.75 Å². The summed E-state index contributed by atoms with van der Waals surface area (Å²) in [5.74, 6) is 0.939. The molecule has 0 aliphatic heterocycles. The molecule has 1 aromatic heterocycles. The van der Waals surface area contributed by atoms with E-state index >= 15 is 0 Å². The lowest BCUT2D eigenvalue weighted by Gasteiger charge is -1.98. The molecule has 0 spiro atoms. The number of thioether (sulfide) groups is 1. The largest absolute Gasteiger partial charge is 0.174 e. The first-order valence-corrected chi connectivity index (χ1v) is 6.64. The second-order valence-electron chi connectivity index (χ2n) is 2.62. The molecule has 2 rings (SSSR count). The molecular formula is C9H7BrN2S2. The lowest BCUT2D eigenvalue weighted by Crippen LogP contribution is -1.79. The summed E-state index contributed by atoms with van der Waals surface area (Å²) in [7, 11) is 0. The van der Waals surface area contributed by atoms with Gasteiger partial charge >= 0.3 is 0 Å². The number of benzene rings is 1. The molecule has 0 bridgehead atoms. The quantitative estimate of drug-likeness (QED) is 0.807. The van der Waals surface area contributed by atoms with E-state index in [1.165, 1.54) is 5.56 Å². The average Bonchev–Trinajstić information content (AvgIpc) is 2.67. The van der Waals surface area contributed by atoms with Gasteiger partial charge in [-0.3, -0.25) is 0 Å². The molecule has 1 heterocycles. The Bertz CT molecular complexity index is 403. The van der Waals surface area contributed by atoms with Crippen molar-refractivity contribution < 1.29 is 0 Å². The summed E-state index contributed by atoms with van der Waals surface area (Å²) in [5.41, 5.74) is 3.04. The van der Waals surface area contributed by atoms with Crippen LogP contribution in [0.5, 0.6) is 0 Å². The van der Waals surface area contributed by atoms with Gasteiger partial charge in [0.05, 0.1) is 0 Å². The van der Waals surface area contributed by atoms with Crippen LogP contribution in [0.4, 0.5) is 0 Å². The maximum absolute atomic E-state index is 3.97. The van der Waals surface area contributed by atoms with Crippen molar-refractivity contribution in [3.63, 3.8) is 0 Å². The smallest absolute Gasteiger partial charge is 0.146 e. The maximum atomic E-state index is 3.97. The summed E-state index contributed by atoms with van der Waals surface area (Å²) >= 11 is 6.73. The van der Waals surface area contributed by atoms with Crippen LogP contribution in [0.25, 0.3) is 0 Å². The summed E-state index contributed by atoms with van der Waals surface area (Å²) in [6, 6.07) is 8.30. The predicted octanol–water partition coefficient (Wildman–Crippen LogP) is 3.59. The van der Waals surface area contributed by atoms with Crippen molar-refractivity contribution in [1.82, 2.24) is 10.2 Å². The van der Waals surface area contributed by atoms with Crippen molar-refractivity contribution in [2.45, 2.75) is 10.1 Å². The van der Waals surface area contributed by atoms with Crippen molar-refractivity contribution in [3.05, 3.63) is 39.8 Å². The molecule has 0 fully saturated rings. The molecule has 72 valence electrons. The van der Waals surface area contributed by atoms with Crippen LogP contribution in [0.3, 0.4) is 0 Å². The lowest BCUT2D eigenvalue weighted by molar-refractivity contribution is 1.01. The Labute approximate surface area is 98.9 Å². The first-order valence-electron chi connectivity index (χ1n) is 3.98. The van der Waals surface area contributed by atoms with E-state index in [1.807, 2.05) is 12.1 Å². The molecule has 14 heavy (non-hydrogen) atoms. The van der Waals surface area contributed by atoms with Gasteiger partial charge in [0, 0.05) is 10.2 Å². The second-order valence-corrected chi connectivity index (χ2v) is 5.59. The van der Waals surface area contributed by atoms with Gasteiger partial charge in [-0.15, -0.1) is 10.2 Å². The van der Waals surface area contributed by atoms with Gasteiger partial charge in [0.1, 0.15) is 5.51 Å². The van der Waals surface area contributed by atoms with Crippen LogP contribution in [-0.4, -0.2) is 10.2 Å². The number of hydrogen-bond acceptors (Lipinski definition) is 4. The first kappa shape index (κ1) is 10.1. The minimum atomic E-state index is 0.939. The van der Waals surface area contributed by atoms with Crippen LogP contribution in [0.2, 0.25) is 0 Å². The highest BCUT2D eigenvalue weighted by atomic mass is 79.9. The average molecular weight is 287 g/mol. The highest BCUT2D eigenvalue weighted by Gasteiger charge is 1.99. The summed E-state index contributed by atoms with van der Waals surface area (Å²) in [4.78, 5) is 0. The molecule has 5 heteroatoms. The predicted molar refractivity (Wildman–Crippen MR) is 63.6 cm³/mol. The van der Waals surface area contributed by atoms with Gasteiger partial charge in [-0.05, 0) is 17.7 Å². The normalized spacial score (nSPS) is 10.4. The molecule has 0 saturated heterocycles. The van der Waals surface area contributed by atoms with E-state index < -0.39 is 0 Å². The molecule has 0 saturated carbocycles. The molecule has 2 nitrogen and oxygen atoms in total. The third-order valence-electron chi connectivity index (χ3n) is 1.59. The number of hydrogen-bond donors (Lipinski definition) is 0. The standard InChI is InChI=1S/C9H7BrN2S2/c10-8-3-1-2-7(4-8)5-13-9-12-11-6-14-9/h1-4,6H,5H2. The Hall–Kier alpha value is -0.390. The molecule has 0 atom stereocenters. The molecule has 0 aliphatic rings. The number of nitrogens with zero attached hydrogens (tertiary/aromatic N) is 2. The molecule has 0 radical (unpaired) electrons. The minimum Gasteiger partial charge on any atom is -0.146 e. The third-order valence-corrected chi connectivity index (χ3v) is 4.02.